The summed E-state index contributed by atoms with van der Waals surface area (Å²) in [5, 5.41) is 7.24. The number of carbonyl (C=O) groups is 1. The number of ether oxygens (including phenoxy) is 1. The Bertz CT molecular complexity index is 633. The Hall–Kier alpha value is -2.14. The van der Waals surface area contributed by atoms with Crippen LogP contribution >= 0.6 is 0 Å². The Labute approximate surface area is 143 Å². The van der Waals surface area contributed by atoms with Crippen LogP contribution < -0.4 is 5.32 Å². The number of anilines is 1. The third kappa shape index (κ3) is 5.20. The number of aryl methyl sites for hydroxylation is 1. The van der Waals surface area contributed by atoms with Crippen molar-refractivity contribution < 1.29 is 9.53 Å². The normalized spacial score (nSPS) is 17.6. The molecule has 1 N–H and O–H groups in total. The number of amides is 1. The first-order valence-electron chi connectivity index (χ1n) is 8.77. The van der Waals surface area contributed by atoms with Gasteiger partial charge in [0, 0.05) is 19.2 Å². The zero-order chi connectivity index (χ0) is 16.6. The van der Waals surface area contributed by atoms with Crippen LogP contribution in [0.1, 0.15) is 37.7 Å². The lowest BCUT2D eigenvalue weighted by Gasteiger charge is -2.22. The topological polar surface area (TPSA) is 56.2 Å². The number of hydrogen-bond acceptors (Lipinski definition) is 3. The van der Waals surface area contributed by atoms with Crippen molar-refractivity contribution in [2.75, 3.05) is 11.9 Å². The predicted octanol–water partition coefficient (Wildman–Crippen LogP) is 3.41. The second-order valence-electron chi connectivity index (χ2n) is 6.33. The molecule has 1 amide bonds. The number of nitrogens with zero attached hydrogens (tertiary/aromatic N) is 2. The van der Waals surface area contributed by atoms with Gasteiger partial charge in [-0.05, 0) is 37.7 Å². The quantitative estimate of drug-likeness (QED) is 0.848. The second kappa shape index (κ2) is 8.64. The predicted molar refractivity (Wildman–Crippen MR) is 93.8 cm³/mol. The minimum Gasteiger partial charge on any atom is -0.376 e. The van der Waals surface area contributed by atoms with Crippen molar-refractivity contribution in [1.29, 1.82) is 0 Å². The summed E-state index contributed by atoms with van der Waals surface area (Å²) in [6.07, 6.45) is 9.58. The van der Waals surface area contributed by atoms with E-state index in [-0.39, 0.29) is 12.0 Å². The van der Waals surface area contributed by atoms with Gasteiger partial charge in [0.1, 0.15) is 0 Å². The van der Waals surface area contributed by atoms with Crippen molar-refractivity contribution in [3.8, 4) is 0 Å². The lowest BCUT2D eigenvalue weighted by Crippen LogP contribution is -2.24. The lowest BCUT2D eigenvalue weighted by molar-refractivity contribution is -0.116. The fourth-order valence-electron chi connectivity index (χ4n) is 3.01. The van der Waals surface area contributed by atoms with E-state index in [1.54, 1.807) is 6.20 Å². The van der Waals surface area contributed by atoms with E-state index in [0.29, 0.717) is 6.42 Å². The highest BCUT2D eigenvalue weighted by Crippen LogP contribution is 2.15. The number of carbonyl (C=O) groups excluding carboxylic acids is 1. The molecule has 1 aliphatic heterocycles. The lowest BCUT2D eigenvalue weighted by atomic mass is 10.1. The largest absolute Gasteiger partial charge is 0.376 e. The molecule has 2 heterocycles. The van der Waals surface area contributed by atoms with Gasteiger partial charge in [-0.1, -0.05) is 30.3 Å². The van der Waals surface area contributed by atoms with Gasteiger partial charge in [-0.25, -0.2) is 0 Å². The molecule has 1 fully saturated rings. The molecule has 0 saturated carbocycles. The van der Waals surface area contributed by atoms with Gasteiger partial charge >= 0.3 is 0 Å². The molecule has 1 saturated heterocycles. The Balaban J connectivity index is 1.40. The van der Waals surface area contributed by atoms with Gasteiger partial charge in [-0.3, -0.25) is 9.48 Å². The van der Waals surface area contributed by atoms with Crippen molar-refractivity contribution in [3.63, 3.8) is 0 Å². The number of aromatic nitrogens is 2. The minimum atomic E-state index is 0.0411. The molecule has 5 heteroatoms. The van der Waals surface area contributed by atoms with Crippen LogP contribution in [0.3, 0.4) is 0 Å². The molecule has 128 valence electrons. The second-order valence-corrected chi connectivity index (χ2v) is 6.33. The van der Waals surface area contributed by atoms with E-state index >= 15 is 0 Å². The molecule has 2 aromatic rings. The summed E-state index contributed by atoms with van der Waals surface area (Å²) in [5.41, 5.74) is 2.03. The summed E-state index contributed by atoms with van der Waals surface area (Å²) >= 11 is 0. The third-order valence-electron chi connectivity index (χ3n) is 4.29. The smallest absolute Gasteiger partial charge is 0.224 e. The van der Waals surface area contributed by atoms with Gasteiger partial charge in [-0.15, -0.1) is 0 Å². The van der Waals surface area contributed by atoms with E-state index in [1.165, 1.54) is 12.0 Å². The van der Waals surface area contributed by atoms with Crippen LogP contribution in [0.2, 0.25) is 0 Å². The molecule has 0 bridgehead atoms. The molecule has 0 radical (unpaired) electrons. The van der Waals surface area contributed by atoms with Crippen LogP contribution in [-0.2, 0) is 22.5 Å². The summed E-state index contributed by atoms with van der Waals surface area (Å²) in [6, 6.07) is 10.2. The molecular weight excluding hydrogens is 302 g/mol. The zero-order valence-corrected chi connectivity index (χ0v) is 14.0. The van der Waals surface area contributed by atoms with E-state index in [0.717, 1.165) is 44.5 Å². The van der Waals surface area contributed by atoms with Crippen molar-refractivity contribution in [2.24, 2.45) is 0 Å². The third-order valence-corrected chi connectivity index (χ3v) is 4.29. The van der Waals surface area contributed by atoms with E-state index in [9.17, 15) is 4.79 Å². The summed E-state index contributed by atoms with van der Waals surface area (Å²) in [6.45, 7) is 1.60. The molecule has 1 aromatic heterocycles. The molecule has 1 aliphatic rings. The van der Waals surface area contributed by atoms with Crippen LogP contribution in [0.15, 0.2) is 42.7 Å². The fraction of sp³-hybridized carbons (Fsp3) is 0.474. The number of hydrogen-bond donors (Lipinski definition) is 1. The summed E-state index contributed by atoms with van der Waals surface area (Å²) < 4.78 is 7.58. The van der Waals surface area contributed by atoms with Crippen LogP contribution in [0.5, 0.6) is 0 Å². The maximum Gasteiger partial charge on any atom is 0.224 e. The fourth-order valence-corrected chi connectivity index (χ4v) is 3.01. The monoisotopic (exact) mass is 327 g/mol. The molecule has 3 rings (SSSR count). The first kappa shape index (κ1) is 16.7. The minimum absolute atomic E-state index is 0.0411. The van der Waals surface area contributed by atoms with Gasteiger partial charge in [0.15, 0.2) is 0 Å². The van der Waals surface area contributed by atoms with Gasteiger partial charge in [0.25, 0.3) is 0 Å². The van der Waals surface area contributed by atoms with Gasteiger partial charge in [0.2, 0.25) is 5.91 Å². The van der Waals surface area contributed by atoms with E-state index in [4.69, 9.17) is 4.74 Å². The molecule has 5 nitrogen and oxygen atoms in total. The molecule has 0 spiro atoms. The van der Waals surface area contributed by atoms with Crippen LogP contribution in [0.25, 0.3) is 0 Å². The highest BCUT2D eigenvalue weighted by atomic mass is 16.5. The SMILES string of the molecule is O=C(CCCc1ccccc1)Nc1cnn(CC2CCCCO2)c1. The first-order chi connectivity index (χ1) is 11.8. The first-order valence-corrected chi connectivity index (χ1v) is 8.77. The van der Waals surface area contributed by atoms with Crippen molar-refractivity contribution >= 4 is 11.6 Å². The van der Waals surface area contributed by atoms with E-state index < -0.39 is 0 Å². The van der Waals surface area contributed by atoms with Crippen molar-refractivity contribution in [1.82, 2.24) is 9.78 Å². The number of nitrogens with one attached hydrogen (secondary N) is 1. The number of benzene rings is 1. The Kier molecular flexibility index (Phi) is 6.01. The van der Waals surface area contributed by atoms with Gasteiger partial charge < -0.3 is 10.1 Å². The van der Waals surface area contributed by atoms with E-state index in [2.05, 4.69) is 22.5 Å². The highest BCUT2D eigenvalue weighted by molar-refractivity contribution is 5.90. The average Bonchev–Trinajstić information content (AvgIpc) is 3.03. The van der Waals surface area contributed by atoms with Crippen LogP contribution in [-0.4, -0.2) is 28.4 Å². The summed E-state index contributed by atoms with van der Waals surface area (Å²) in [4.78, 5) is 12.0. The maximum absolute atomic E-state index is 12.0. The molecule has 1 unspecified atom stereocenters. The number of rotatable bonds is 7. The maximum atomic E-state index is 12.0. The van der Waals surface area contributed by atoms with Crippen LogP contribution in [0, 0.1) is 0 Å². The Morgan fingerprint density at radius 2 is 2.17 bits per heavy atom. The van der Waals surface area contributed by atoms with Crippen molar-refractivity contribution in [3.05, 3.63) is 48.3 Å². The summed E-state index contributed by atoms with van der Waals surface area (Å²) in [5.74, 6) is 0.0411. The average molecular weight is 327 g/mol. The molecule has 24 heavy (non-hydrogen) atoms. The Morgan fingerprint density at radius 3 is 2.96 bits per heavy atom. The Morgan fingerprint density at radius 1 is 1.29 bits per heavy atom. The standard InChI is InChI=1S/C19H25N3O2/c23-19(11-6-9-16-7-2-1-3-8-16)21-17-13-20-22(14-17)15-18-10-4-5-12-24-18/h1-3,7-8,13-14,18H,4-6,9-12,15H2,(H,21,23). The molecular formula is C19H25N3O2. The molecule has 0 aliphatic carbocycles. The molecule has 1 aromatic carbocycles. The highest BCUT2D eigenvalue weighted by Gasteiger charge is 2.15. The zero-order valence-electron chi connectivity index (χ0n) is 14.0. The van der Waals surface area contributed by atoms with Crippen LogP contribution in [0.4, 0.5) is 5.69 Å². The van der Waals surface area contributed by atoms with Crippen molar-refractivity contribution in [2.45, 2.75) is 51.2 Å². The summed E-state index contributed by atoms with van der Waals surface area (Å²) in [7, 11) is 0. The van der Waals surface area contributed by atoms with E-state index in [1.807, 2.05) is 29.1 Å². The van der Waals surface area contributed by atoms with Gasteiger partial charge in [0.05, 0.1) is 24.5 Å². The molecule has 1 atom stereocenters. The van der Waals surface area contributed by atoms with Gasteiger partial charge in [-0.2, -0.15) is 5.10 Å².